The summed E-state index contributed by atoms with van der Waals surface area (Å²) in [6.45, 7) is 0. The summed E-state index contributed by atoms with van der Waals surface area (Å²) >= 11 is 3.00. The first-order valence-corrected chi connectivity index (χ1v) is 5.71. The van der Waals surface area contributed by atoms with Crippen molar-refractivity contribution in [3.05, 3.63) is 20.4 Å². The molecule has 0 bridgehead atoms. The third-order valence-corrected chi connectivity index (χ3v) is 3.60. The van der Waals surface area contributed by atoms with Crippen molar-refractivity contribution in [2.45, 2.75) is 0 Å². The second-order valence-electron chi connectivity index (χ2n) is 1.78. The molecule has 0 spiro atoms. The van der Waals surface area contributed by atoms with Crippen molar-refractivity contribution in [1.82, 2.24) is 0 Å². The fraction of sp³-hybridized carbons (Fsp3) is 0.167. The molecular formula is C6H8BrIN2O. The van der Waals surface area contributed by atoms with Crippen LogP contribution in [-0.2, 0) is 4.74 Å². The van der Waals surface area contributed by atoms with Crippen molar-refractivity contribution < 1.29 is 29.1 Å². The van der Waals surface area contributed by atoms with Crippen molar-refractivity contribution in [3.63, 3.8) is 0 Å². The summed E-state index contributed by atoms with van der Waals surface area (Å²) in [5, 5.41) is 0. The zero-order chi connectivity index (χ0) is 8.27. The molecule has 3 nitrogen and oxygen atoms in total. The van der Waals surface area contributed by atoms with Gasteiger partial charge in [-0.05, 0) is 0 Å². The minimum atomic E-state index is -0.356. The van der Waals surface area contributed by atoms with Crippen molar-refractivity contribution in [2.24, 2.45) is 5.84 Å². The molecule has 1 heterocycles. The molecule has 0 radical (unpaired) electrons. The van der Waals surface area contributed by atoms with Crippen LogP contribution in [0.5, 0.6) is 0 Å². The first-order chi connectivity index (χ1) is 5.22. The summed E-state index contributed by atoms with van der Waals surface area (Å²) in [5.74, 6) is 5.60. The molecule has 0 aromatic carbocycles. The van der Waals surface area contributed by atoms with Gasteiger partial charge in [-0.15, -0.1) is 0 Å². The van der Waals surface area contributed by atoms with Crippen molar-refractivity contribution >= 4 is 22.1 Å². The molecule has 0 saturated heterocycles. The van der Waals surface area contributed by atoms with Crippen molar-refractivity contribution in [2.75, 3.05) is 7.11 Å². The Bertz CT molecular complexity index is 247. The van der Waals surface area contributed by atoms with Gasteiger partial charge in [-0.2, -0.15) is 0 Å². The monoisotopic (exact) mass is 330 g/mol. The number of ether oxygens (including phenoxy) is 1. The van der Waals surface area contributed by atoms with E-state index in [4.69, 9.17) is 10.6 Å². The molecule has 0 unspecified atom stereocenters. The van der Waals surface area contributed by atoms with Gasteiger partial charge >= 0.3 is 84.6 Å². The Kier molecular flexibility index (Phi) is 3.38. The minimum absolute atomic E-state index is 0.356. The quantitative estimate of drug-likeness (QED) is 0.334. The zero-order valence-electron chi connectivity index (χ0n) is 5.92. The number of hydrogen-bond acceptors (Lipinski definition) is 2. The molecule has 1 aliphatic rings. The van der Waals surface area contributed by atoms with Gasteiger partial charge in [-0.25, -0.2) is 0 Å². The third kappa shape index (κ3) is 2.82. The second-order valence-corrected chi connectivity index (χ2v) is 5.36. The average Bonchev–Trinajstić information content (AvgIpc) is 2.13. The Morgan fingerprint density at radius 2 is 2.45 bits per heavy atom. The van der Waals surface area contributed by atoms with E-state index in [-0.39, 0.29) is 21.5 Å². The number of hydrazone groups is 1. The topological polar surface area (TPSA) is 38.3 Å². The van der Waals surface area contributed by atoms with Crippen LogP contribution < -0.4 is 27.3 Å². The Labute approximate surface area is 84.3 Å². The van der Waals surface area contributed by atoms with E-state index >= 15 is 0 Å². The molecule has 11 heavy (non-hydrogen) atoms. The predicted octanol–water partition coefficient (Wildman–Crippen LogP) is -2.27. The zero-order valence-corrected chi connectivity index (χ0v) is 9.66. The molecule has 5 heteroatoms. The van der Waals surface area contributed by atoms with Crippen LogP contribution in [0.3, 0.4) is 0 Å². The summed E-state index contributed by atoms with van der Waals surface area (Å²) in [6, 6.07) is 0. The number of rotatable bonds is 1. The number of nitrogens with zero attached hydrogens (tertiary/aromatic N) is 1. The maximum atomic E-state index is 5.60. The number of nitrogens with two attached hydrogens (primary N) is 1. The van der Waals surface area contributed by atoms with E-state index < -0.39 is 0 Å². The first kappa shape index (κ1) is 9.05. The molecule has 1 rings (SSSR count). The number of hydrazine groups is 1. The number of halogens is 2. The van der Waals surface area contributed by atoms with Gasteiger partial charge in [0.05, 0.1) is 0 Å². The van der Waals surface area contributed by atoms with Crippen LogP contribution in [-0.4, -0.2) is 16.2 Å². The van der Waals surface area contributed by atoms with Crippen LogP contribution in [0.4, 0.5) is 0 Å². The van der Waals surface area contributed by atoms with Crippen LogP contribution >= 0.6 is 15.9 Å². The molecule has 0 amide bonds. The molecule has 0 saturated carbocycles. The Morgan fingerprint density at radius 1 is 1.73 bits per heavy atom. The van der Waals surface area contributed by atoms with Crippen LogP contribution in [0.25, 0.3) is 0 Å². The molecule has 62 valence electrons. The fourth-order valence-electron chi connectivity index (χ4n) is 0.541. The van der Waals surface area contributed by atoms with Gasteiger partial charge in [-0.1, -0.05) is 0 Å². The molecule has 1 aliphatic heterocycles. The van der Waals surface area contributed by atoms with Gasteiger partial charge < -0.3 is 0 Å². The Morgan fingerprint density at radius 3 is 3.09 bits per heavy atom. The number of hydrogen-bond donors (Lipinski definition) is 1. The standard InChI is InChI=1S/C6H8BrIN2O/c1-11-6-4-5(7)2-3-10(9)8-6/h2-4H,9H2,1H3. The summed E-state index contributed by atoms with van der Waals surface area (Å²) in [7, 11) is 1.66. The predicted molar refractivity (Wildman–Crippen MR) is 42.6 cm³/mol. The Hall–Kier alpha value is -0.0400. The van der Waals surface area contributed by atoms with E-state index in [2.05, 4.69) is 15.9 Å². The fourth-order valence-corrected chi connectivity index (χ4v) is 2.84. The second kappa shape index (κ2) is 4.10. The molecule has 2 N–H and O–H groups in total. The van der Waals surface area contributed by atoms with Crippen molar-refractivity contribution in [1.29, 1.82) is 0 Å². The third-order valence-electron chi connectivity index (χ3n) is 1.00. The van der Waals surface area contributed by atoms with E-state index in [0.29, 0.717) is 0 Å². The summed E-state index contributed by atoms with van der Waals surface area (Å²) in [5.41, 5.74) is 0. The van der Waals surface area contributed by atoms with Gasteiger partial charge in [0, 0.05) is 0 Å². The van der Waals surface area contributed by atoms with Crippen molar-refractivity contribution in [3.8, 4) is 0 Å². The normalized spacial score (nSPS) is 18.5. The summed E-state index contributed by atoms with van der Waals surface area (Å²) < 4.78 is 8.71. The van der Waals surface area contributed by atoms with E-state index in [0.717, 1.165) is 8.25 Å². The molecule has 0 aromatic heterocycles. The Balaban J connectivity index is 2.86. The first-order valence-electron chi connectivity index (χ1n) is 2.88. The number of allylic oxidation sites excluding steroid dienone is 3. The average molecular weight is 331 g/mol. The van der Waals surface area contributed by atoms with E-state index in [1.165, 1.54) is 0 Å². The van der Waals surface area contributed by atoms with Gasteiger partial charge in [0.1, 0.15) is 0 Å². The summed E-state index contributed by atoms with van der Waals surface area (Å²) in [4.78, 5) is 0. The van der Waals surface area contributed by atoms with Crippen LogP contribution in [0.15, 0.2) is 20.4 Å². The van der Waals surface area contributed by atoms with Gasteiger partial charge in [-0.3, -0.25) is 0 Å². The van der Waals surface area contributed by atoms with Gasteiger partial charge in [0.25, 0.3) is 0 Å². The number of methoxy groups -OCH3 is 1. The molecule has 0 atom stereocenters. The molecule has 0 fully saturated rings. The van der Waals surface area contributed by atoms with E-state index in [9.17, 15) is 0 Å². The molecule has 0 aromatic rings. The van der Waals surface area contributed by atoms with Crippen LogP contribution in [0, 0.1) is 0 Å². The SMILES string of the molecule is COC1=CC(Br)=CC=[N+](N)[I-]1. The maximum absolute atomic E-state index is 5.60. The van der Waals surface area contributed by atoms with E-state index in [1.807, 2.05) is 18.4 Å². The van der Waals surface area contributed by atoms with Gasteiger partial charge in [0.15, 0.2) is 0 Å². The van der Waals surface area contributed by atoms with Crippen LogP contribution in [0.1, 0.15) is 0 Å². The van der Waals surface area contributed by atoms with Gasteiger partial charge in [0.2, 0.25) is 0 Å². The van der Waals surface area contributed by atoms with Crippen LogP contribution in [0.2, 0.25) is 0 Å². The van der Waals surface area contributed by atoms with E-state index in [1.54, 1.807) is 10.0 Å². The molecule has 0 aliphatic carbocycles. The molecular weight excluding hydrogens is 323 g/mol. The summed E-state index contributed by atoms with van der Waals surface area (Å²) in [6.07, 6.45) is 5.67.